The number of benzene rings is 2. The average molecular weight is 1010 g/mol. The Labute approximate surface area is 352 Å². The van der Waals surface area contributed by atoms with E-state index < -0.39 is 11.9 Å². The summed E-state index contributed by atoms with van der Waals surface area (Å²) >= 11 is 12.2. The van der Waals surface area contributed by atoms with Gasteiger partial charge in [-0.1, -0.05) is 0 Å². The van der Waals surface area contributed by atoms with Gasteiger partial charge in [0.1, 0.15) is 23.0 Å². The molecule has 306 valence electrons. The molecular formula is C36H40Cl2N10O8Pt. The van der Waals surface area contributed by atoms with Crippen molar-refractivity contribution in [1.29, 1.82) is 0 Å². The van der Waals surface area contributed by atoms with Gasteiger partial charge in [0.25, 0.3) is 0 Å². The van der Waals surface area contributed by atoms with Crippen molar-refractivity contribution in [2.75, 3.05) is 39.1 Å². The second kappa shape index (κ2) is 21.2. The Morgan fingerprint density at radius 2 is 1.02 bits per heavy atom. The van der Waals surface area contributed by atoms with E-state index in [4.69, 9.17) is 62.0 Å². The normalized spacial score (nSPS) is 10.5. The zero-order valence-electron chi connectivity index (χ0n) is 32.1. The Balaban J connectivity index is 0.000000263. The molecule has 2 N–H and O–H groups in total. The first kappa shape index (κ1) is 45.9. The molecule has 4 aromatic heterocycles. The van der Waals surface area contributed by atoms with Crippen LogP contribution in [0, 0.1) is 0 Å². The number of aromatic nitrogens is 8. The molecule has 0 bridgehead atoms. The summed E-state index contributed by atoms with van der Waals surface area (Å²) in [5.74, 6) is -0.246. The summed E-state index contributed by atoms with van der Waals surface area (Å²) in [4.78, 5) is 43.9. The first-order chi connectivity index (χ1) is 26.7. The van der Waals surface area contributed by atoms with Gasteiger partial charge in [0.15, 0.2) is 34.0 Å². The number of rotatable bonds is 12. The number of anilines is 2. The number of methoxy groups -OCH3 is 4. The van der Waals surface area contributed by atoms with Gasteiger partial charge in [0.05, 0.1) is 53.0 Å². The quantitative estimate of drug-likeness (QED) is 0.131. The van der Waals surface area contributed by atoms with E-state index in [-0.39, 0.29) is 43.7 Å². The van der Waals surface area contributed by atoms with E-state index in [9.17, 15) is 0 Å². The molecule has 0 saturated heterocycles. The van der Waals surface area contributed by atoms with Crippen molar-refractivity contribution in [3.05, 3.63) is 70.7 Å². The Morgan fingerprint density at radius 1 is 0.649 bits per heavy atom. The number of ether oxygens (including phenoxy) is 4. The van der Waals surface area contributed by atoms with Crippen molar-refractivity contribution in [2.45, 2.75) is 52.9 Å². The van der Waals surface area contributed by atoms with E-state index in [1.807, 2.05) is 45.5 Å². The minimum atomic E-state index is -2.19. The van der Waals surface area contributed by atoms with Crippen LogP contribution in [0.25, 0.3) is 22.3 Å². The molecule has 0 saturated carbocycles. The molecule has 0 aliphatic carbocycles. The molecule has 0 radical (unpaired) electrons. The fourth-order valence-corrected chi connectivity index (χ4v) is 5.47. The zero-order chi connectivity index (χ0) is 41.1. The molecule has 0 amide bonds. The van der Waals surface area contributed by atoms with Crippen LogP contribution in [0.5, 0.6) is 23.0 Å². The largest absolute Gasteiger partial charge is 2.00 e. The summed E-state index contributed by atoms with van der Waals surface area (Å²) in [7, 11) is 6.50. The van der Waals surface area contributed by atoms with Crippen molar-refractivity contribution in [3.8, 4) is 23.0 Å². The maximum absolute atomic E-state index is 8.93. The fourth-order valence-electron chi connectivity index (χ4n) is 5.14. The van der Waals surface area contributed by atoms with Gasteiger partial charge < -0.3 is 58.5 Å². The molecule has 57 heavy (non-hydrogen) atoms. The Bertz CT molecular complexity index is 2150. The van der Waals surface area contributed by atoms with E-state index >= 15 is 0 Å². The molecule has 21 heteroatoms. The molecule has 0 unspecified atom stereocenters. The van der Waals surface area contributed by atoms with Crippen LogP contribution in [0.3, 0.4) is 0 Å². The second-order valence-electron chi connectivity index (χ2n) is 12.2. The first-order valence-electron chi connectivity index (χ1n) is 16.8. The Morgan fingerprint density at radius 3 is 1.32 bits per heavy atom. The number of nitrogens with one attached hydrogen (secondary N) is 2. The third kappa shape index (κ3) is 11.8. The van der Waals surface area contributed by atoms with E-state index in [1.165, 1.54) is 0 Å². The van der Waals surface area contributed by atoms with Crippen molar-refractivity contribution in [2.24, 2.45) is 0 Å². The van der Waals surface area contributed by atoms with Crippen LogP contribution < -0.4 is 39.8 Å². The monoisotopic (exact) mass is 1010 g/mol. The summed E-state index contributed by atoms with van der Waals surface area (Å²) in [6.45, 7) is 9.26. The summed E-state index contributed by atoms with van der Waals surface area (Å²) in [6, 6.07) is 11.8. The number of carbonyl (C=O) groups excluding carboxylic acids is 2. The van der Waals surface area contributed by atoms with Crippen LogP contribution in [0.4, 0.5) is 11.6 Å². The van der Waals surface area contributed by atoms with Crippen molar-refractivity contribution >= 4 is 69.1 Å². The summed E-state index contributed by atoms with van der Waals surface area (Å²) in [5.41, 5.74) is 4.72. The second-order valence-corrected chi connectivity index (χ2v) is 12.8. The van der Waals surface area contributed by atoms with E-state index in [0.29, 0.717) is 47.1 Å². The number of fused-ring (bicyclic) bond motifs is 2. The molecule has 6 aromatic rings. The van der Waals surface area contributed by atoms with Crippen molar-refractivity contribution in [3.63, 3.8) is 0 Å². The molecule has 2 aromatic carbocycles. The third-order valence-corrected chi connectivity index (χ3v) is 8.29. The van der Waals surface area contributed by atoms with E-state index in [1.54, 1.807) is 41.1 Å². The first-order valence-corrected chi connectivity index (χ1v) is 17.6. The molecule has 18 nitrogen and oxygen atoms in total. The van der Waals surface area contributed by atoms with Crippen molar-refractivity contribution in [1.82, 2.24) is 39.0 Å². The number of carboxylic acid groups (broad SMARTS) is 2. The van der Waals surface area contributed by atoms with Gasteiger partial charge in [0, 0.05) is 48.4 Å². The third-order valence-electron chi connectivity index (χ3n) is 7.95. The number of hydrogen-bond donors (Lipinski definition) is 2. The van der Waals surface area contributed by atoms with Gasteiger partial charge in [-0.3, -0.25) is 0 Å². The number of carbonyl (C=O) groups is 2. The summed E-state index contributed by atoms with van der Waals surface area (Å²) in [5, 5.41) is 24.8. The predicted molar refractivity (Wildman–Crippen MR) is 205 cm³/mol. The predicted octanol–water partition coefficient (Wildman–Crippen LogP) is 3.86. The van der Waals surface area contributed by atoms with Gasteiger partial charge in [0.2, 0.25) is 10.6 Å². The maximum Gasteiger partial charge on any atom is 2.00 e. The maximum atomic E-state index is 8.93. The average Bonchev–Trinajstić information content (AvgIpc) is 3.81. The Kier molecular flexibility index (Phi) is 17.1. The van der Waals surface area contributed by atoms with Gasteiger partial charge in [-0.05, 0) is 75.2 Å². The molecule has 0 fully saturated rings. The molecule has 4 heterocycles. The Hall–Kier alpha value is -5.45. The standard InChI is InChI=1S/2C17H20ClN5O2.C2H2O4.Pt/c2*1-10(2)23-9-20-14-15(21-17(18)22-16(14)23)19-8-11-5-6-12(24-3)7-13(11)25-4;3-1(4)2(5)6;/h2*5-7,9-10H,8H2,1-4H3,(H,19,21,22);(H,3,4)(H,5,6);/q;;;+2/p-2. The number of hydrogen-bond acceptors (Lipinski definition) is 16. The van der Waals surface area contributed by atoms with Crippen LogP contribution in [-0.2, 0) is 43.7 Å². The van der Waals surface area contributed by atoms with Crippen LogP contribution in [0.1, 0.15) is 50.9 Å². The number of imidazole rings is 2. The minimum absolute atomic E-state index is 0. The number of aliphatic carboxylic acids is 2. The van der Waals surface area contributed by atoms with Gasteiger partial charge in [-0.2, -0.15) is 19.9 Å². The summed E-state index contributed by atoms with van der Waals surface area (Å²) in [6.07, 6.45) is 3.50. The molecule has 0 aliphatic rings. The van der Waals surface area contributed by atoms with Crippen LogP contribution in [0.15, 0.2) is 49.1 Å². The molecule has 6 rings (SSSR count). The molecule has 0 aliphatic heterocycles. The van der Waals surface area contributed by atoms with Crippen LogP contribution in [0.2, 0.25) is 10.6 Å². The topological polar surface area (TPSA) is 228 Å². The molecule has 0 atom stereocenters. The number of nitrogens with zero attached hydrogens (tertiary/aromatic N) is 8. The van der Waals surface area contributed by atoms with E-state index in [2.05, 4.69) is 68.2 Å². The van der Waals surface area contributed by atoms with E-state index in [0.717, 1.165) is 34.1 Å². The van der Waals surface area contributed by atoms with Crippen LogP contribution in [-0.4, -0.2) is 79.4 Å². The number of carboxylic acids is 2. The summed E-state index contributed by atoms with van der Waals surface area (Å²) < 4.78 is 25.2. The molecule has 0 spiro atoms. The van der Waals surface area contributed by atoms with Crippen LogP contribution >= 0.6 is 23.2 Å². The van der Waals surface area contributed by atoms with Gasteiger partial charge in [-0.25, -0.2) is 9.97 Å². The van der Waals surface area contributed by atoms with Gasteiger partial charge in [-0.15, -0.1) is 0 Å². The smallest absolute Gasteiger partial charge is 0.543 e. The zero-order valence-corrected chi connectivity index (χ0v) is 35.9. The minimum Gasteiger partial charge on any atom is -0.543 e. The fraction of sp³-hybridized carbons (Fsp3) is 0.333. The number of halogens is 2. The van der Waals surface area contributed by atoms with Gasteiger partial charge >= 0.3 is 21.1 Å². The molecular weight excluding hydrogens is 966 g/mol. The van der Waals surface area contributed by atoms with Crippen molar-refractivity contribution < 1.29 is 59.8 Å². The SMILES string of the molecule is COc1ccc(CNc2nc(Cl)nc3c2ncn3C(C)C)c(OC)c1.COc1ccc(CNc2nc(Cl)nc3c2ncn3C(C)C)c(OC)c1.O=C([O-])C(=O)[O-].[Pt+2].